The quantitative estimate of drug-likeness (QED) is 0.920. The zero-order valence-electron chi connectivity index (χ0n) is 10.2. The van der Waals surface area contributed by atoms with Crippen molar-refractivity contribution in [1.29, 1.82) is 0 Å². The second kappa shape index (κ2) is 5.83. The summed E-state index contributed by atoms with van der Waals surface area (Å²) in [5.41, 5.74) is 1.58. The Morgan fingerprint density at radius 3 is 2.89 bits per heavy atom. The molecule has 1 amide bonds. The molecule has 0 atom stereocenters. The highest BCUT2D eigenvalue weighted by atomic mass is 35.5. The molecule has 1 heterocycles. The molecule has 2 rings (SSSR count). The van der Waals surface area contributed by atoms with E-state index in [1.54, 1.807) is 0 Å². The predicted octanol–water partition coefficient (Wildman–Crippen LogP) is 2.96. The van der Waals surface area contributed by atoms with Crippen molar-refractivity contribution in [3.63, 3.8) is 0 Å². The molecule has 0 unspecified atom stereocenters. The summed E-state index contributed by atoms with van der Waals surface area (Å²) in [6, 6.07) is 9.40. The van der Waals surface area contributed by atoms with E-state index in [-0.39, 0.29) is 5.91 Å². The molecule has 0 aliphatic carbocycles. The van der Waals surface area contributed by atoms with Gasteiger partial charge in [-0.3, -0.25) is 9.78 Å². The van der Waals surface area contributed by atoms with Crippen LogP contribution in [0, 0.1) is 0 Å². The number of hydrogen-bond acceptors (Lipinski definition) is 2. The first-order valence-corrected chi connectivity index (χ1v) is 6.38. The average Bonchev–Trinajstić information content (AvgIpc) is 2.36. The molecule has 0 fully saturated rings. The maximum absolute atomic E-state index is 11.6. The van der Waals surface area contributed by atoms with E-state index in [2.05, 4.69) is 10.3 Å². The minimum Gasteiger partial charge on any atom is -0.356 e. The fourth-order valence-corrected chi connectivity index (χ4v) is 1.89. The number of pyridine rings is 1. The molecule has 0 saturated carbocycles. The molecule has 4 heteroatoms. The van der Waals surface area contributed by atoms with Gasteiger partial charge in [0.25, 0.3) is 0 Å². The largest absolute Gasteiger partial charge is 0.356 e. The zero-order chi connectivity index (χ0) is 13.0. The van der Waals surface area contributed by atoms with E-state index in [0.717, 1.165) is 23.0 Å². The third-order valence-electron chi connectivity index (χ3n) is 2.63. The highest BCUT2D eigenvalue weighted by Crippen LogP contribution is 2.18. The Bertz CT molecular complexity index is 569. The highest BCUT2D eigenvalue weighted by Gasteiger charge is 2.05. The van der Waals surface area contributed by atoms with Crippen molar-refractivity contribution >= 4 is 28.4 Å². The Hall–Kier alpha value is -1.61. The van der Waals surface area contributed by atoms with Crippen molar-refractivity contribution in [2.45, 2.75) is 19.8 Å². The van der Waals surface area contributed by atoms with Gasteiger partial charge in [0.15, 0.2) is 0 Å². The smallest absolute Gasteiger partial charge is 0.226 e. The average molecular weight is 263 g/mol. The number of carbonyl (C=O) groups excluding carboxylic acids is 1. The van der Waals surface area contributed by atoms with Crippen LogP contribution in [0.5, 0.6) is 0 Å². The topological polar surface area (TPSA) is 42.0 Å². The molecule has 0 spiro atoms. The fourth-order valence-electron chi connectivity index (χ4n) is 1.72. The minimum atomic E-state index is 0.00530. The fraction of sp³-hybridized carbons (Fsp3) is 0.286. The SMILES string of the molecule is CCCNC(=O)Cc1ccc2ccc(Cl)cc2n1. The highest BCUT2D eigenvalue weighted by molar-refractivity contribution is 6.31. The lowest BCUT2D eigenvalue weighted by atomic mass is 10.2. The van der Waals surface area contributed by atoms with E-state index >= 15 is 0 Å². The van der Waals surface area contributed by atoms with E-state index in [1.807, 2.05) is 37.3 Å². The zero-order valence-corrected chi connectivity index (χ0v) is 11.0. The van der Waals surface area contributed by atoms with Crippen molar-refractivity contribution in [3.05, 3.63) is 41.0 Å². The van der Waals surface area contributed by atoms with Crippen molar-refractivity contribution in [2.75, 3.05) is 6.54 Å². The van der Waals surface area contributed by atoms with Gasteiger partial charge in [0.1, 0.15) is 0 Å². The molecule has 1 N–H and O–H groups in total. The van der Waals surface area contributed by atoms with Crippen molar-refractivity contribution < 1.29 is 4.79 Å². The van der Waals surface area contributed by atoms with E-state index in [9.17, 15) is 4.79 Å². The van der Waals surface area contributed by atoms with Gasteiger partial charge in [-0.05, 0) is 24.6 Å². The van der Waals surface area contributed by atoms with Gasteiger partial charge in [-0.15, -0.1) is 0 Å². The van der Waals surface area contributed by atoms with Gasteiger partial charge < -0.3 is 5.32 Å². The number of nitrogens with one attached hydrogen (secondary N) is 1. The molecular formula is C14H15ClN2O. The molecule has 0 aliphatic rings. The van der Waals surface area contributed by atoms with E-state index in [1.165, 1.54) is 0 Å². The molecule has 0 bridgehead atoms. The van der Waals surface area contributed by atoms with Crippen LogP contribution in [0.1, 0.15) is 19.0 Å². The third-order valence-corrected chi connectivity index (χ3v) is 2.86. The van der Waals surface area contributed by atoms with Gasteiger partial charge in [0.2, 0.25) is 5.91 Å². The van der Waals surface area contributed by atoms with Crippen LogP contribution in [0.15, 0.2) is 30.3 Å². The number of benzene rings is 1. The number of rotatable bonds is 4. The number of nitrogens with zero attached hydrogens (tertiary/aromatic N) is 1. The molecule has 2 aromatic rings. The van der Waals surface area contributed by atoms with Crippen LogP contribution in [0.4, 0.5) is 0 Å². The first kappa shape index (κ1) is 12.8. The van der Waals surface area contributed by atoms with Crippen LogP contribution < -0.4 is 5.32 Å². The van der Waals surface area contributed by atoms with Gasteiger partial charge in [-0.1, -0.05) is 30.7 Å². The molecule has 0 radical (unpaired) electrons. The van der Waals surface area contributed by atoms with Crippen molar-refractivity contribution in [1.82, 2.24) is 10.3 Å². The van der Waals surface area contributed by atoms with Crippen molar-refractivity contribution in [2.24, 2.45) is 0 Å². The summed E-state index contributed by atoms with van der Waals surface area (Å²) in [6.07, 6.45) is 1.24. The number of hydrogen-bond donors (Lipinski definition) is 1. The monoisotopic (exact) mass is 262 g/mol. The molecule has 18 heavy (non-hydrogen) atoms. The first-order valence-electron chi connectivity index (χ1n) is 6.01. The van der Waals surface area contributed by atoms with E-state index in [4.69, 9.17) is 11.6 Å². The summed E-state index contributed by atoms with van der Waals surface area (Å²) >= 11 is 5.93. The standard InChI is InChI=1S/C14H15ClN2O/c1-2-7-16-14(18)9-12-6-4-10-3-5-11(15)8-13(10)17-12/h3-6,8H,2,7,9H2,1H3,(H,16,18). The summed E-state index contributed by atoms with van der Waals surface area (Å²) < 4.78 is 0. The molecule has 3 nitrogen and oxygen atoms in total. The second-order valence-corrected chi connectivity index (χ2v) is 4.60. The summed E-state index contributed by atoms with van der Waals surface area (Å²) in [7, 11) is 0. The summed E-state index contributed by atoms with van der Waals surface area (Å²) in [4.78, 5) is 16.0. The molecule has 0 saturated heterocycles. The molecule has 0 aliphatic heterocycles. The van der Waals surface area contributed by atoms with Crippen LogP contribution in [-0.2, 0) is 11.2 Å². The van der Waals surface area contributed by atoms with Crippen LogP contribution in [0.3, 0.4) is 0 Å². The van der Waals surface area contributed by atoms with Gasteiger partial charge in [-0.2, -0.15) is 0 Å². The Balaban J connectivity index is 2.16. The number of fused-ring (bicyclic) bond motifs is 1. The molecule has 1 aromatic carbocycles. The number of aromatic nitrogens is 1. The number of carbonyl (C=O) groups is 1. The predicted molar refractivity (Wildman–Crippen MR) is 73.8 cm³/mol. The molecule has 94 valence electrons. The Morgan fingerprint density at radius 2 is 2.11 bits per heavy atom. The maximum atomic E-state index is 11.6. The van der Waals surface area contributed by atoms with Crippen LogP contribution in [0.25, 0.3) is 10.9 Å². The lowest BCUT2D eigenvalue weighted by Gasteiger charge is -2.04. The van der Waals surface area contributed by atoms with Crippen molar-refractivity contribution in [3.8, 4) is 0 Å². The van der Waals surface area contributed by atoms with Gasteiger partial charge >= 0.3 is 0 Å². The summed E-state index contributed by atoms with van der Waals surface area (Å²) in [5, 5.41) is 4.52. The minimum absolute atomic E-state index is 0.00530. The summed E-state index contributed by atoms with van der Waals surface area (Å²) in [6.45, 7) is 2.73. The molecule has 1 aromatic heterocycles. The lowest BCUT2D eigenvalue weighted by molar-refractivity contribution is -0.120. The van der Waals surface area contributed by atoms with Gasteiger partial charge in [-0.25, -0.2) is 0 Å². The van der Waals surface area contributed by atoms with Crippen LogP contribution in [-0.4, -0.2) is 17.4 Å². The summed E-state index contributed by atoms with van der Waals surface area (Å²) in [5.74, 6) is 0.00530. The Kier molecular flexibility index (Phi) is 4.15. The van der Waals surface area contributed by atoms with Gasteiger partial charge in [0.05, 0.1) is 17.6 Å². The Labute approximate surface area is 111 Å². The number of amides is 1. The number of halogens is 1. The lowest BCUT2D eigenvalue weighted by Crippen LogP contribution is -2.25. The maximum Gasteiger partial charge on any atom is 0.226 e. The normalized spacial score (nSPS) is 10.6. The Morgan fingerprint density at radius 1 is 1.33 bits per heavy atom. The molecular weight excluding hydrogens is 248 g/mol. The van der Waals surface area contributed by atoms with E-state index in [0.29, 0.717) is 18.0 Å². The second-order valence-electron chi connectivity index (χ2n) is 4.17. The first-order chi connectivity index (χ1) is 8.69. The van der Waals surface area contributed by atoms with Crippen LogP contribution in [0.2, 0.25) is 5.02 Å². The van der Waals surface area contributed by atoms with Crippen LogP contribution >= 0.6 is 11.6 Å². The van der Waals surface area contributed by atoms with Gasteiger partial charge in [0, 0.05) is 17.0 Å². The third kappa shape index (κ3) is 3.20. The van der Waals surface area contributed by atoms with E-state index < -0.39 is 0 Å².